The van der Waals surface area contributed by atoms with Crippen LogP contribution in [0.5, 0.6) is 0 Å². The molecule has 0 spiro atoms. The lowest BCUT2D eigenvalue weighted by Gasteiger charge is -2.18. The zero-order chi connectivity index (χ0) is 11.3. The Kier molecular flexibility index (Phi) is 4.20. The number of nitrogens with zero attached hydrogens (tertiary/aromatic N) is 1. The molecular formula is C11H17BN2O. The van der Waals surface area contributed by atoms with E-state index < -0.39 is 5.31 Å². The Hall–Kier alpha value is -0.975. The molecule has 0 aromatic carbocycles. The summed E-state index contributed by atoms with van der Waals surface area (Å²) in [6, 6.07) is 2.19. The Bertz CT molecular complexity index is 274. The summed E-state index contributed by atoms with van der Waals surface area (Å²) < 4.78 is 0. The van der Waals surface area contributed by atoms with Gasteiger partial charge in [-0.25, -0.2) is 0 Å². The number of nitrogens with one attached hydrogen (secondary N) is 1. The number of nitriles is 1. The van der Waals surface area contributed by atoms with Crippen LogP contribution in [0.2, 0.25) is 5.31 Å². The molecule has 0 bridgehead atoms. The lowest BCUT2D eigenvalue weighted by Crippen LogP contribution is -2.21. The zero-order valence-electron chi connectivity index (χ0n) is 9.25. The molecule has 4 heteroatoms. The van der Waals surface area contributed by atoms with E-state index in [1.807, 2.05) is 0 Å². The van der Waals surface area contributed by atoms with E-state index in [0.717, 1.165) is 25.7 Å². The van der Waals surface area contributed by atoms with E-state index in [2.05, 4.69) is 11.4 Å². The van der Waals surface area contributed by atoms with Crippen LogP contribution in [0.25, 0.3) is 0 Å². The highest BCUT2D eigenvalue weighted by atomic mass is 16.1. The Morgan fingerprint density at radius 1 is 1.60 bits per heavy atom. The van der Waals surface area contributed by atoms with Crippen molar-refractivity contribution in [1.82, 2.24) is 5.32 Å². The molecule has 1 N–H and O–H groups in total. The number of carbonyl (C=O) groups is 1. The molecule has 0 aliphatic heterocycles. The van der Waals surface area contributed by atoms with Gasteiger partial charge < -0.3 is 5.32 Å². The van der Waals surface area contributed by atoms with Crippen molar-refractivity contribution in [2.75, 3.05) is 7.05 Å². The predicted molar refractivity (Wildman–Crippen MR) is 59.3 cm³/mol. The third kappa shape index (κ3) is 3.58. The van der Waals surface area contributed by atoms with Crippen molar-refractivity contribution in [2.24, 2.45) is 5.92 Å². The first-order valence-corrected chi connectivity index (χ1v) is 5.50. The van der Waals surface area contributed by atoms with E-state index >= 15 is 0 Å². The summed E-state index contributed by atoms with van der Waals surface area (Å²) in [6.07, 6.45) is 4.88. The number of rotatable bonds is 2. The summed E-state index contributed by atoms with van der Waals surface area (Å²) in [4.78, 5) is 11.2. The molecule has 0 saturated heterocycles. The van der Waals surface area contributed by atoms with Crippen molar-refractivity contribution in [1.29, 1.82) is 5.26 Å². The van der Waals surface area contributed by atoms with Gasteiger partial charge in [0.1, 0.15) is 0 Å². The molecule has 3 nitrogen and oxygen atoms in total. The van der Waals surface area contributed by atoms with Crippen molar-refractivity contribution in [2.45, 2.75) is 43.8 Å². The van der Waals surface area contributed by atoms with Gasteiger partial charge in [-0.2, -0.15) is 5.26 Å². The van der Waals surface area contributed by atoms with Crippen LogP contribution < -0.4 is 5.32 Å². The SMILES string of the molecule is [B]C1(C#N)CCCC(CC(=O)NC)CC1. The van der Waals surface area contributed by atoms with Crippen LogP contribution in [-0.2, 0) is 4.79 Å². The maximum Gasteiger partial charge on any atom is 0.220 e. The Balaban J connectivity index is 2.47. The monoisotopic (exact) mass is 204 g/mol. The summed E-state index contributed by atoms with van der Waals surface area (Å²) in [6.45, 7) is 0. The molecule has 1 saturated carbocycles. The average molecular weight is 204 g/mol. The first kappa shape index (κ1) is 12.1. The van der Waals surface area contributed by atoms with Gasteiger partial charge >= 0.3 is 0 Å². The quantitative estimate of drug-likeness (QED) is 0.548. The summed E-state index contributed by atoms with van der Waals surface area (Å²) in [5.74, 6) is 0.477. The number of hydrogen-bond donors (Lipinski definition) is 1. The molecule has 2 atom stereocenters. The van der Waals surface area contributed by atoms with Gasteiger partial charge in [-0.1, -0.05) is 6.42 Å². The lowest BCUT2D eigenvalue weighted by molar-refractivity contribution is -0.121. The molecule has 1 fully saturated rings. The highest BCUT2D eigenvalue weighted by molar-refractivity contribution is 6.17. The van der Waals surface area contributed by atoms with Gasteiger partial charge in [-0.05, 0) is 31.6 Å². The molecule has 0 aromatic rings. The van der Waals surface area contributed by atoms with Gasteiger partial charge in [-0.15, -0.1) is 0 Å². The minimum Gasteiger partial charge on any atom is -0.359 e. The minimum absolute atomic E-state index is 0.0847. The van der Waals surface area contributed by atoms with Gasteiger partial charge in [0.05, 0.1) is 13.9 Å². The largest absolute Gasteiger partial charge is 0.359 e. The molecular weight excluding hydrogens is 187 g/mol. The van der Waals surface area contributed by atoms with Gasteiger partial charge in [0.25, 0.3) is 0 Å². The molecule has 0 aromatic heterocycles. The standard InChI is InChI=1S/C11H17BN2O/c1-14-10(15)7-9-3-2-5-11(12,8-13)6-4-9/h9H,2-7H2,1H3,(H,14,15). The minimum atomic E-state index is -0.655. The first-order chi connectivity index (χ1) is 7.09. The second kappa shape index (κ2) is 5.20. The summed E-state index contributed by atoms with van der Waals surface area (Å²) in [7, 11) is 7.58. The molecule has 1 aliphatic rings. The van der Waals surface area contributed by atoms with Crippen LogP contribution >= 0.6 is 0 Å². The highest BCUT2D eigenvalue weighted by Gasteiger charge is 2.28. The van der Waals surface area contributed by atoms with Crippen LogP contribution in [0.15, 0.2) is 0 Å². The second-order valence-electron chi connectivity index (χ2n) is 4.44. The third-order valence-electron chi connectivity index (χ3n) is 3.21. The zero-order valence-corrected chi connectivity index (χ0v) is 9.25. The van der Waals surface area contributed by atoms with Gasteiger partial charge in [0.15, 0.2) is 0 Å². The molecule has 2 radical (unpaired) electrons. The summed E-state index contributed by atoms with van der Waals surface area (Å²) in [5, 5.41) is 10.9. The average Bonchev–Trinajstić information content (AvgIpc) is 2.42. The molecule has 1 aliphatic carbocycles. The van der Waals surface area contributed by atoms with E-state index in [9.17, 15) is 4.79 Å². The Morgan fingerprint density at radius 3 is 2.93 bits per heavy atom. The number of carbonyl (C=O) groups excluding carboxylic acids is 1. The lowest BCUT2D eigenvalue weighted by atomic mass is 9.65. The van der Waals surface area contributed by atoms with Crippen molar-refractivity contribution in [3.8, 4) is 6.07 Å². The topological polar surface area (TPSA) is 52.9 Å². The normalized spacial score (nSPS) is 31.3. The summed E-state index contributed by atoms with van der Waals surface area (Å²) >= 11 is 0. The fourth-order valence-corrected chi connectivity index (χ4v) is 2.12. The van der Waals surface area contributed by atoms with E-state index in [4.69, 9.17) is 13.1 Å². The van der Waals surface area contributed by atoms with E-state index in [1.165, 1.54) is 0 Å². The van der Waals surface area contributed by atoms with Gasteiger partial charge in [-0.3, -0.25) is 4.79 Å². The molecule has 15 heavy (non-hydrogen) atoms. The second-order valence-corrected chi connectivity index (χ2v) is 4.44. The van der Waals surface area contributed by atoms with Crippen LogP contribution in [0.1, 0.15) is 38.5 Å². The first-order valence-electron chi connectivity index (χ1n) is 5.50. The fourth-order valence-electron chi connectivity index (χ4n) is 2.12. The Labute approximate surface area is 92.6 Å². The van der Waals surface area contributed by atoms with Gasteiger partial charge in [0.2, 0.25) is 5.91 Å². The van der Waals surface area contributed by atoms with Crippen LogP contribution in [0, 0.1) is 17.2 Å². The molecule has 80 valence electrons. The van der Waals surface area contributed by atoms with E-state index in [-0.39, 0.29) is 5.91 Å². The van der Waals surface area contributed by atoms with Crippen molar-refractivity contribution in [3.05, 3.63) is 0 Å². The van der Waals surface area contributed by atoms with E-state index in [1.54, 1.807) is 7.05 Å². The predicted octanol–water partition coefficient (Wildman–Crippen LogP) is 1.55. The van der Waals surface area contributed by atoms with Crippen LogP contribution in [0.3, 0.4) is 0 Å². The van der Waals surface area contributed by atoms with Crippen LogP contribution in [0.4, 0.5) is 0 Å². The molecule has 0 heterocycles. The maximum atomic E-state index is 11.2. The third-order valence-corrected chi connectivity index (χ3v) is 3.21. The summed E-state index contributed by atoms with van der Waals surface area (Å²) in [5.41, 5.74) is 0. The van der Waals surface area contributed by atoms with E-state index in [0.29, 0.717) is 18.8 Å². The Morgan fingerprint density at radius 2 is 2.33 bits per heavy atom. The van der Waals surface area contributed by atoms with Crippen LogP contribution in [-0.4, -0.2) is 20.8 Å². The maximum absolute atomic E-state index is 11.2. The van der Waals surface area contributed by atoms with Gasteiger partial charge in [0, 0.05) is 18.8 Å². The number of hydrogen-bond acceptors (Lipinski definition) is 2. The number of amides is 1. The highest BCUT2D eigenvalue weighted by Crippen LogP contribution is 2.40. The fraction of sp³-hybridized carbons (Fsp3) is 0.818. The smallest absolute Gasteiger partial charge is 0.220 e. The molecule has 2 unspecified atom stereocenters. The molecule has 1 amide bonds. The molecule has 1 rings (SSSR count). The van der Waals surface area contributed by atoms with Crippen molar-refractivity contribution < 1.29 is 4.79 Å². The van der Waals surface area contributed by atoms with Crippen molar-refractivity contribution in [3.63, 3.8) is 0 Å². The van der Waals surface area contributed by atoms with Crippen molar-refractivity contribution >= 4 is 13.8 Å².